The van der Waals surface area contributed by atoms with Crippen molar-refractivity contribution in [3.05, 3.63) is 0 Å². The van der Waals surface area contributed by atoms with Gasteiger partial charge >= 0.3 is 5.97 Å². The zero-order chi connectivity index (χ0) is 8.10. The summed E-state index contributed by atoms with van der Waals surface area (Å²) in [5, 5.41) is 3.16. The minimum absolute atomic E-state index is 0.170. The van der Waals surface area contributed by atoms with E-state index in [1.165, 1.54) is 32.8 Å². The van der Waals surface area contributed by atoms with Gasteiger partial charge in [-0.15, -0.1) is 0 Å². The van der Waals surface area contributed by atoms with Gasteiger partial charge in [0.2, 0.25) is 0 Å². The van der Waals surface area contributed by atoms with Crippen molar-refractivity contribution in [2.75, 3.05) is 13.7 Å². The monoisotopic (exact) mass is 157 g/mol. The Labute approximate surface area is 67.1 Å². The van der Waals surface area contributed by atoms with E-state index < -0.39 is 0 Å². The molecule has 1 fully saturated rings. The highest BCUT2D eigenvalue weighted by Gasteiger charge is 2.14. The van der Waals surface area contributed by atoms with Gasteiger partial charge < -0.3 is 10.1 Å². The Bertz CT molecular complexity index is 130. The van der Waals surface area contributed by atoms with Gasteiger partial charge in [0.05, 0.1) is 13.7 Å². The van der Waals surface area contributed by atoms with Crippen LogP contribution in [0.4, 0.5) is 0 Å². The van der Waals surface area contributed by atoms with Gasteiger partial charge in [0.15, 0.2) is 0 Å². The number of ether oxygens (including phenoxy) is 1. The lowest BCUT2D eigenvalue weighted by Gasteiger charge is -2.09. The number of esters is 1. The highest BCUT2D eigenvalue weighted by atomic mass is 16.5. The molecular weight excluding hydrogens is 142 g/mol. The number of nitrogens with one attached hydrogen (secondary N) is 1. The van der Waals surface area contributed by atoms with Crippen molar-refractivity contribution < 1.29 is 9.53 Å². The maximum Gasteiger partial charge on any atom is 0.319 e. The summed E-state index contributed by atoms with van der Waals surface area (Å²) < 4.78 is 4.51. The molecule has 1 N–H and O–H groups in total. The summed E-state index contributed by atoms with van der Waals surface area (Å²) in [6.45, 7) is 0.362. The van der Waals surface area contributed by atoms with Crippen LogP contribution in [-0.2, 0) is 9.53 Å². The molecule has 1 saturated carbocycles. The highest BCUT2D eigenvalue weighted by Crippen LogP contribution is 2.17. The summed E-state index contributed by atoms with van der Waals surface area (Å²) >= 11 is 0. The summed E-state index contributed by atoms with van der Waals surface area (Å²) in [6.07, 6.45) is 4.99. The van der Waals surface area contributed by atoms with Crippen molar-refractivity contribution in [3.63, 3.8) is 0 Å². The minimum atomic E-state index is -0.170. The maximum atomic E-state index is 10.7. The van der Waals surface area contributed by atoms with Crippen molar-refractivity contribution in [2.24, 2.45) is 0 Å². The summed E-state index contributed by atoms with van der Waals surface area (Å²) in [5.74, 6) is -0.170. The number of hydrogen-bond donors (Lipinski definition) is 1. The topological polar surface area (TPSA) is 38.3 Å². The van der Waals surface area contributed by atoms with Crippen molar-refractivity contribution in [1.29, 1.82) is 0 Å². The number of rotatable bonds is 3. The van der Waals surface area contributed by atoms with E-state index in [2.05, 4.69) is 10.1 Å². The van der Waals surface area contributed by atoms with Crippen molar-refractivity contribution in [3.8, 4) is 0 Å². The average Bonchev–Trinajstić information content (AvgIpc) is 2.52. The Morgan fingerprint density at radius 3 is 2.73 bits per heavy atom. The van der Waals surface area contributed by atoms with Crippen LogP contribution in [0.1, 0.15) is 25.7 Å². The third-order valence-electron chi connectivity index (χ3n) is 2.12. The van der Waals surface area contributed by atoms with Crippen LogP contribution in [0.5, 0.6) is 0 Å². The molecule has 0 saturated heterocycles. The Hall–Kier alpha value is -0.570. The molecule has 0 heterocycles. The highest BCUT2D eigenvalue weighted by molar-refractivity contribution is 5.71. The van der Waals surface area contributed by atoms with Crippen LogP contribution < -0.4 is 5.32 Å². The van der Waals surface area contributed by atoms with Crippen LogP contribution in [0.15, 0.2) is 0 Å². The Kier molecular flexibility index (Phi) is 3.36. The molecule has 0 atom stereocenters. The lowest BCUT2D eigenvalue weighted by molar-refractivity contribution is -0.139. The smallest absolute Gasteiger partial charge is 0.319 e. The van der Waals surface area contributed by atoms with Crippen LogP contribution in [0.25, 0.3) is 0 Å². The van der Waals surface area contributed by atoms with Crippen LogP contribution in [0, 0.1) is 0 Å². The first-order valence-corrected chi connectivity index (χ1v) is 4.13. The number of carbonyl (C=O) groups is 1. The molecule has 1 rings (SSSR count). The average molecular weight is 157 g/mol. The number of hydrogen-bond acceptors (Lipinski definition) is 3. The van der Waals surface area contributed by atoms with E-state index in [1.54, 1.807) is 0 Å². The molecule has 0 spiro atoms. The second-order valence-electron chi connectivity index (χ2n) is 2.94. The molecule has 0 aromatic heterocycles. The van der Waals surface area contributed by atoms with E-state index in [0.717, 1.165) is 0 Å². The summed E-state index contributed by atoms with van der Waals surface area (Å²) in [7, 11) is 1.42. The molecule has 64 valence electrons. The number of carbonyl (C=O) groups excluding carboxylic acids is 1. The standard InChI is InChI=1S/C8H15NO2/c1-11-8(10)6-9-7-4-2-3-5-7/h7,9H,2-6H2,1H3. The van der Waals surface area contributed by atoms with E-state index in [4.69, 9.17) is 0 Å². The minimum Gasteiger partial charge on any atom is -0.468 e. The second kappa shape index (κ2) is 4.34. The molecule has 3 nitrogen and oxygen atoms in total. The van der Waals surface area contributed by atoms with E-state index >= 15 is 0 Å². The Morgan fingerprint density at radius 2 is 2.18 bits per heavy atom. The van der Waals surface area contributed by atoms with Gasteiger partial charge in [-0.1, -0.05) is 12.8 Å². The zero-order valence-electron chi connectivity index (χ0n) is 6.93. The fourth-order valence-electron chi connectivity index (χ4n) is 1.43. The van der Waals surface area contributed by atoms with Gasteiger partial charge in [0.1, 0.15) is 0 Å². The van der Waals surface area contributed by atoms with Crippen molar-refractivity contribution in [1.82, 2.24) is 5.32 Å². The van der Waals surface area contributed by atoms with Gasteiger partial charge in [0.25, 0.3) is 0 Å². The SMILES string of the molecule is COC(=O)CNC1CCCC1. The lowest BCUT2D eigenvalue weighted by Crippen LogP contribution is -2.31. The fourth-order valence-corrected chi connectivity index (χ4v) is 1.43. The predicted molar refractivity (Wildman–Crippen MR) is 42.3 cm³/mol. The largest absolute Gasteiger partial charge is 0.468 e. The normalized spacial score (nSPS) is 18.6. The van der Waals surface area contributed by atoms with Crippen LogP contribution >= 0.6 is 0 Å². The van der Waals surface area contributed by atoms with E-state index in [0.29, 0.717) is 12.6 Å². The summed E-state index contributed by atoms with van der Waals surface area (Å²) in [6, 6.07) is 0.550. The predicted octanol–water partition coefficient (Wildman–Crippen LogP) is 0.692. The first-order valence-electron chi connectivity index (χ1n) is 4.13. The van der Waals surface area contributed by atoms with E-state index in [9.17, 15) is 4.79 Å². The van der Waals surface area contributed by atoms with E-state index in [1.807, 2.05) is 0 Å². The molecule has 0 unspecified atom stereocenters. The fraction of sp³-hybridized carbons (Fsp3) is 0.875. The Balaban J connectivity index is 2.06. The molecule has 3 heteroatoms. The molecule has 0 aromatic rings. The van der Waals surface area contributed by atoms with Crippen molar-refractivity contribution >= 4 is 5.97 Å². The quantitative estimate of drug-likeness (QED) is 0.612. The molecule has 0 radical (unpaired) electrons. The lowest BCUT2D eigenvalue weighted by atomic mass is 10.2. The third-order valence-corrected chi connectivity index (χ3v) is 2.12. The molecule has 0 aromatic carbocycles. The Morgan fingerprint density at radius 1 is 1.55 bits per heavy atom. The first-order chi connectivity index (χ1) is 5.33. The molecular formula is C8H15NO2. The van der Waals surface area contributed by atoms with Gasteiger partial charge in [-0.3, -0.25) is 4.79 Å². The van der Waals surface area contributed by atoms with E-state index in [-0.39, 0.29) is 5.97 Å². The molecule has 1 aliphatic carbocycles. The molecule has 0 bridgehead atoms. The molecule has 0 aliphatic heterocycles. The van der Waals surface area contributed by atoms with Crippen molar-refractivity contribution in [2.45, 2.75) is 31.7 Å². The molecule has 1 aliphatic rings. The summed E-state index contributed by atoms with van der Waals surface area (Å²) in [5.41, 5.74) is 0. The van der Waals surface area contributed by atoms with Gasteiger partial charge in [0, 0.05) is 6.04 Å². The third kappa shape index (κ3) is 2.89. The molecule has 11 heavy (non-hydrogen) atoms. The van der Waals surface area contributed by atoms with Gasteiger partial charge in [-0.25, -0.2) is 0 Å². The maximum absolute atomic E-state index is 10.7. The van der Waals surface area contributed by atoms with Gasteiger partial charge in [-0.2, -0.15) is 0 Å². The number of methoxy groups -OCH3 is 1. The summed E-state index contributed by atoms with van der Waals surface area (Å²) in [4.78, 5) is 10.7. The van der Waals surface area contributed by atoms with Crippen LogP contribution in [-0.4, -0.2) is 25.7 Å². The second-order valence-corrected chi connectivity index (χ2v) is 2.94. The molecule has 0 amide bonds. The zero-order valence-corrected chi connectivity index (χ0v) is 6.93. The van der Waals surface area contributed by atoms with Gasteiger partial charge in [-0.05, 0) is 12.8 Å². The van der Waals surface area contributed by atoms with Crippen LogP contribution in [0.2, 0.25) is 0 Å². The van der Waals surface area contributed by atoms with Crippen LogP contribution in [0.3, 0.4) is 0 Å². The first kappa shape index (κ1) is 8.53.